The van der Waals surface area contributed by atoms with Crippen LogP contribution in [0.15, 0.2) is 48.5 Å². The average Bonchev–Trinajstić information content (AvgIpc) is 3.40. The molecule has 0 radical (unpaired) electrons. The molecule has 24 heavy (non-hydrogen) atoms. The molecule has 0 bridgehead atoms. The van der Waals surface area contributed by atoms with Gasteiger partial charge in [0.25, 0.3) is 0 Å². The summed E-state index contributed by atoms with van der Waals surface area (Å²) in [6.45, 7) is 0.527. The van der Waals surface area contributed by atoms with E-state index in [4.69, 9.17) is 10.5 Å². The van der Waals surface area contributed by atoms with E-state index in [0.717, 1.165) is 24.2 Å². The Kier molecular flexibility index (Phi) is 4.44. The van der Waals surface area contributed by atoms with E-state index in [9.17, 15) is 9.90 Å². The summed E-state index contributed by atoms with van der Waals surface area (Å²) in [7, 11) is 1.66. The van der Waals surface area contributed by atoms with Crippen molar-refractivity contribution in [3.8, 4) is 11.5 Å². The number of hydrogen-bond donors (Lipinski definition) is 3. The highest BCUT2D eigenvalue weighted by molar-refractivity contribution is 5.83. The molecule has 2 aromatic carbocycles. The Morgan fingerprint density at radius 1 is 1.29 bits per heavy atom. The van der Waals surface area contributed by atoms with E-state index in [2.05, 4.69) is 5.32 Å². The number of phenolic OH excluding ortho intramolecular Hbond substituents is 1. The summed E-state index contributed by atoms with van der Waals surface area (Å²) in [6, 6.07) is 13.6. The summed E-state index contributed by atoms with van der Waals surface area (Å²) in [5, 5.41) is 12.5. The molecular formula is C19H22N2O3. The number of methoxy groups -OCH3 is 1. The highest BCUT2D eigenvalue weighted by atomic mass is 16.5. The maximum Gasteiger partial charge on any atom is 0.241 e. The van der Waals surface area contributed by atoms with Gasteiger partial charge in [0.1, 0.15) is 17.5 Å². The van der Waals surface area contributed by atoms with Gasteiger partial charge in [-0.2, -0.15) is 0 Å². The lowest BCUT2D eigenvalue weighted by Gasteiger charge is -2.21. The first kappa shape index (κ1) is 16.3. The predicted molar refractivity (Wildman–Crippen MR) is 92.0 cm³/mol. The minimum absolute atomic E-state index is 0.0686. The number of hydrogen-bond acceptors (Lipinski definition) is 4. The Hall–Kier alpha value is -2.53. The molecule has 5 nitrogen and oxygen atoms in total. The van der Waals surface area contributed by atoms with E-state index in [-0.39, 0.29) is 17.1 Å². The van der Waals surface area contributed by atoms with Gasteiger partial charge in [0, 0.05) is 17.5 Å². The van der Waals surface area contributed by atoms with E-state index in [1.54, 1.807) is 25.3 Å². The van der Waals surface area contributed by atoms with Gasteiger partial charge in [-0.1, -0.05) is 30.3 Å². The molecule has 1 aliphatic carbocycles. The molecule has 1 amide bonds. The van der Waals surface area contributed by atoms with Gasteiger partial charge in [-0.25, -0.2) is 0 Å². The van der Waals surface area contributed by atoms with Crippen LogP contribution in [-0.2, 0) is 10.2 Å². The van der Waals surface area contributed by atoms with E-state index >= 15 is 0 Å². The van der Waals surface area contributed by atoms with E-state index < -0.39 is 6.04 Å². The Morgan fingerprint density at radius 3 is 2.71 bits per heavy atom. The van der Waals surface area contributed by atoms with E-state index in [0.29, 0.717) is 12.1 Å². The van der Waals surface area contributed by atoms with Crippen molar-refractivity contribution in [3.05, 3.63) is 59.7 Å². The van der Waals surface area contributed by atoms with Crippen LogP contribution in [0.2, 0.25) is 0 Å². The van der Waals surface area contributed by atoms with Crippen LogP contribution in [0, 0.1) is 0 Å². The number of benzene rings is 2. The molecule has 126 valence electrons. The van der Waals surface area contributed by atoms with Gasteiger partial charge in [0.2, 0.25) is 5.91 Å². The topological polar surface area (TPSA) is 84.6 Å². The number of ether oxygens (including phenoxy) is 1. The van der Waals surface area contributed by atoms with Gasteiger partial charge in [-0.15, -0.1) is 0 Å². The molecule has 1 saturated carbocycles. The monoisotopic (exact) mass is 326 g/mol. The summed E-state index contributed by atoms with van der Waals surface area (Å²) in [5.74, 6) is 0.701. The number of nitrogens with two attached hydrogens (primary N) is 1. The minimum atomic E-state index is -0.800. The lowest BCUT2D eigenvalue weighted by Crippen LogP contribution is -2.38. The minimum Gasteiger partial charge on any atom is -0.508 e. The Balaban J connectivity index is 1.68. The number of amides is 1. The van der Waals surface area contributed by atoms with E-state index in [1.165, 1.54) is 6.07 Å². The molecule has 1 aliphatic rings. The third-order valence-corrected chi connectivity index (χ3v) is 4.64. The SMILES string of the molecule is COc1ccccc1C1(CNC(=O)C(N)c2cccc(O)c2)CC1. The fraction of sp³-hybridized carbons (Fsp3) is 0.316. The van der Waals surface area contributed by atoms with Crippen molar-refractivity contribution in [3.63, 3.8) is 0 Å². The zero-order chi connectivity index (χ0) is 17.2. The van der Waals surface area contributed by atoms with Gasteiger partial charge < -0.3 is 20.9 Å². The number of rotatable bonds is 6. The quantitative estimate of drug-likeness (QED) is 0.760. The first-order chi connectivity index (χ1) is 11.6. The van der Waals surface area contributed by atoms with Crippen LogP contribution in [0.5, 0.6) is 11.5 Å². The van der Waals surface area contributed by atoms with Gasteiger partial charge in [-0.05, 0) is 36.6 Å². The molecule has 1 unspecified atom stereocenters. The number of phenols is 1. The molecule has 0 aliphatic heterocycles. The molecule has 0 saturated heterocycles. The summed E-state index contributed by atoms with van der Waals surface area (Å²) in [5.41, 5.74) is 7.65. The summed E-state index contributed by atoms with van der Waals surface area (Å²) in [4.78, 5) is 12.4. The molecule has 5 heteroatoms. The number of carbonyl (C=O) groups excluding carboxylic acids is 1. The second-order valence-electron chi connectivity index (χ2n) is 6.27. The van der Waals surface area contributed by atoms with E-state index in [1.807, 2.05) is 24.3 Å². The van der Waals surface area contributed by atoms with Crippen molar-refractivity contribution in [2.45, 2.75) is 24.3 Å². The summed E-state index contributed by atoms with van der Waals surface area (Å²) >= 11 is 0. The maximum atomic E-state index is 12.4. The zero-order valence-electron chi connectivity index (χ0n) is 13.7. The Bertz CT molecular complexity index is 741. The maximum absolute atomic E-state index is 12.4. The molecule has 3 rings (SSSR count). The van der Waals surface area contributed by atoms with Crippen LogP contribution in [-0.4, -0.2) is 24.7 Å². The van der Waals surface area contributed by atoms with Crippen molar-refractivity contribution in [2.75, 3.05) is 13.7 Å². The van der Waals surface area contributed by atoms with Crippen LogP contribution in [0.4, 0.5) is 0 Å². The average molecular weight is 326 g/mol. The number of nitrogens with one attached hydrogen (secondary N) is 1. The fourth-order valence-corrected chi connectivity index (χ4v) is 3.01. The molecule has 4 N–H and O–H groups in total. The van der Waals surface area contributed by atoms with Crippen LogP contribution >= 0.6 is 0 Å². The van der Waals surface area contributed by atoms with Crippen molar-refractivity contribution in [1.82, 2.24) is 5.32 Å². The first-order valence-electron chi connectivity index (χ1n) is 8.01. The van der Waals surface area contributed by atoms with Gasteiger partial charge in [0.15, 0.2) is 0 Å². The zero-order valence-corrected chi connectivity index (χ0v) is 13.7. The molecule has 1 fully saturated rings. The molecule has 1 atom stereocenters. The normalized spacial score (nSPS) is 16.2. The van der Waals surface area contributed by atoms with Crippen molar-refractivity contribution >= 4 is 5.91 Å². The summed E-state index contributed by atoms with van der Waals surface area (Å²) < 4.78 is 5.44. The lowest BCUT2D eigenvalue weighted by atomic mass is 9.94. The highest BCUT2D eigenvalue weighted by Crippen LogP contribution is 2.50. The highest BCUT2D eigenvalue weighted by Gasteiger charge is 2.46. The van der Waals surface area contributed by atoms with Crippen LogP contribution in [0.3, 0.4) is 0 Å². The molecule has 0 aromatic heterocycles. The standard InChI is InChI=1S/C19H22N2O3/c1-24-16-8-3-2-7-15(16)19(9-10-19)12-21-18(23)17(20)13-5-4-6-14(22)11-13/h2-8,11,17,22H,9-10,12,20H2,1H3,(H,21,23). The third-order valence-electron chi connectivity index (χ3n) is 4.64. The predicted octanol–water partition coefficient (Wildman–Crippen LogP) is 2.25. The van der Waals surface area contributed by atoms with Gasteiger partial charge in [0.05, 0.1) is 7.11 Å². The number of aromatic hydroxyl groups is 1. The number of carbonyl (C=O) groups is 1. The van der Waals surface area contributed by atoms with Gasteiger partial charge in [-0.3, -0.25) is 4.79 Å². The smallest absolute Gasteiger partial charge is 0.241 e. The van der Waals surface area contributed by atoms with Crippen LogP contribution in [0.1, 0.15) is 30.0 Å². The van der Waals surface area contributed by atoms with Crippen LogP contribution in [0.25, 0.3) is 0 Å². The molecule has 2 aromatic rings. The van der Waals surface area contributed by atoms with Crippen molar-refractivity contribution in [2.24, 2.45) is 5.73 Å². The second-order valence-corrected chi connectivity index (χ2v) is 6.27. The molecule has 0 spiro atoms. The Labute approximate surface area is 141 Å². The molecule has 0 heterocycles. The Morgan fingerprint density at radius 2 is 2.04 bits per heavy atom. The largest absolute Gasteiger partial charge is 0.508 e. The summed E-state index contributed by atoms with van der Waals surface area (Å²) in [6.07, 6.45) is 2.02. The van der Waals surface area contributed by atoms with Crippen LogP contribution < -0.4 is 15.8 Å². The second kappa shape index (κ2) is 6.53. The first-order valence-corrected chi connectivity index (χ1v) is 8.01. The lowest BCUT2D eigenvalue weighted by molar-refractivity contribution is -0.122. The van der Waals surface area contributed by atoms with Gasteiger partial charge >= 0.3 is 0 Å². The van der Waals surface area contributed by atoms with Crippen molar-refractivity contribution in [1.29, 1.82) is 0 Å². The molecular weight excluding hydrogens is 304 g/mol. The number of para-hydroxylation sites is 1. The third kappa shape index (κ3) is 3.21. The fourth-order valence-electron chi connectivity index (χ4n) is 3.01. The van der Waals surface area contributed by atoms with Crippen molar-refractivity contribution < 1.29 is 14.6 Å².